The number of aryl methyl sites for hydroxylation is 2. The van der Waals surface area contributed by atoms with Crippen LogP contribution in [0.2, 0.25) is 0 Å². The van der Waals surface area contributed by atoms with E-state index >= 15 is 0 Å². The molecule has 104 valence electrons. The number of hydrogen-bond acceptors (Lipinski definition) is 6. The Hall–Kier alpha value is -2.27. The number of aromatic nitrogens is 4. The quantitative estimate of drug-likeness (QED) is 0.847. The molecule has 0 aromatic carbocycles. The van der Waals surface area contributed by atoms with Gasteiger partial charge >= 0.3 is 0 Å². The molecule has 0 fully saturated rings. The molecule has 2 N–H and O–H groups in total. The molecular formula is C12H14N6OS. The van der Waals surface area contributed by atoms with Gasteiger partial charge in [-0.3, -0.25) is 9.48 Å². The van der Waals surface area contributed by atoms with Crippen molar-refractivity contribution in [2.75, 3.05) is 12.0 Å². The normalized spacial score (nSPS) is 10.5. The van der Waals surface area contributed by atoms with Gasteiger partial charge in [0.25, 0.3) is 5.91 Å². The van der Waals surface area contributed by atoms with Crippen LogP contribution in [0.3, 0.4) is 0 Å². The second kappa shape index (κ2) is 5.38. The van der Waals surface area contributed by atoms with Crippen LogP contribution in [0.5, 0.6) is 0 Å². The van der Waals surface area contributed by atoms with Gasteiger partial charge in [-0.2, -0.15) is 20.1 Å². The molecule has 2 rings (SSSR count). The standard InChI is InChI=1S/C12H14N6OS/c1-4-7-5-9(17(2)15-7)12(19)18-10(14)8(6-13)11(16-18)20-3/h5H,4,14H2,1-3H3. The fourth-order valence-electron chi connectivity index (χ4n) is 1.82. The average Bonchev–Trinajstić information content (AvgIpc) is 2.98. The number of carbonyl (C=O) groups excluding carboxylic acids is 1. The lowest BCUT2D eigenvalue weighted by Gasteiger charge is -2.02. The maximum Gasteiger partial charge on any atom is 0.298 e. The zero-order valence-electron chi connectivity index (χ0n) is 11.4. The smallest absolute Gasteiger partial charge is 0.298 e. The molecule has 0 bridgehead atoms. The van der Waals surface area contributed by atoms with E-state index in [1.807, 2.05) is 13.0 Å². The van der Waals surface area contributed by atoms with Crippen molar-refractivity contribution >= 4 is 23.5 Å². The highest BCUT2D eigenvalue weighted by Gasteiger charge is 2.22. The van der Waals surface area contributed by atoms with Crippen molar-refractivity contribution in [1.82, 2.24) is 19.6 Å². The zero-order valence-corrected chi connectivity index (χ0v) is 12.2. The molecule has 2 heterocycles. The predicted molar refractivity (Wildman–Crippen MR) is 75.4 cm³/mol. The van der Waals surface area contributed by atoms with E-state index < -0.39 is 5.91 Å². The van der Waals surface area contributed by atoms with Gasteiger partial charge in [-0.1, -0.05) is 6.92 Å². The van der Waals surface area contributed by atoms with Gasteiger partial charge in [0.1, 0.15) is 28.2 Å². The van der Waals surface area contributed by atoms with Crippen LogP contribution in [0.25, 0.3) is 0 Å². The van der Waals surface area contributed by atoms with E-state index in [4.69, 9.17) is 11.0 Å². The van der Waals surface area contributed by atoms with Crippen LogP contribution in [0.1, 0.15) is 28.7 Å². The highest BCUT2D eigenvalue weighted by Crippen LogP contribution is 2.24. The third-order valence-electron chi connectivity index (χ3n) is 2.90. The zero-order chi connectivity index (χ0) is 14.9. The van der Waals surface area contributed by atoms with Crippen LogP contribution in [-0.2, 0) is 13.5 Å². The third kappa shape index (κ3) is 2.16. The summed E-state index contributed by atoms with van der Waals surface area (Å²) in [7, 11) is 1.69. The first-order valence-electron chi connectivity index (χ1n) is 5.93. The second-order valence-corrected chi connectivity index (χ2v) is 4.89. The first kappa shape index (κ1) is 14.1. The minimum atomic E-state index is -0.394. The van der Waals surface area contributed by atoms with E-state index in [0.717, 1.165) is 16.8 Å². The summed E-state index contributed by atoms with van der Waals surface area (Å²) in [5.74, 6) is -0.338. The molecule has 2 aromatic heterocycles. The Morgan fingerprint density at radius 2 is 2.25 bits per heavy atom. The molecule has 0 aliphatic carbocycles. The van der Waals surface area contributed by atoms with Crippen LogP contribution >= 0.6 is 11.8 Å². The van der Waals surface area contributed by atoms with E-state index in [0.29, 0.717) is 10.7 Å². The summed E-state index contributed by atoms with van der Waals surface area (Å²) in [6.07, 6.45) is 2.51. The van der Waals surface area contributed by atoms with Gasteiger partial charge in [0.2, 0.25) is 0 Å². The maximum atomic E-state index is 12.5. The molecule has 0 radical (unpaired) electrons. The van der Waals surface area contributed by atoms with Gasteiger partial charge < -0.3 is 5.73 Å². The van der Waals surface area contributed by atoms with Crippen LogP contribution in [0.4, 0.5) is 5.82 Å². The topological polar surface area (TPSA) is 103 Å². The van der Waals surface area contributed by atoms with E-state index in [9.17, 15) is 4.79 Å². The Balaban J connectivity index is 2.51. The van der Waals surface area contributed by atoms with E-state index in [1.165, 1.54) is 16.4 Å². The summed E-state index contributed by atoms with van der Waals surface area (Å²) in [5.41, 5.74) is 7.25. The highest BCUT2D eigenvalue weighted by atomic mass is 32.2. The number of nitrogen functional groups attached to an aromatic ring is 1. The largest absolute Gasteiger partial charge is 0.382 e. The number of rotatable bonds is 3. The van der Waals surface area contributed by atoms with Gasteiger partial charge in [-0.05, 0) is 18.7 Å². The highest BCUT2D eigenvalue weighted by molar-refractivity contribution is 7.98. The fraction of sp³-hybridized carbons (Fsp3) is 0.333. The molecule has 2 aromatic rings. The number of anilines is 1. The Labute approximate surface area is 120 Å². The van der Waals surface area contributed by atoms with E-state index in [-0.39, 0.29) is 11.4 Å². The molecule has 20 heavy (non-hydrogen) atoms. The summed E-state index contributed by atoms with van der Waals surface area (Å²) < 4.78 is 2.55. The number of hydrogen-bond donors (Lipinski definition) is 1. The molecule has 0 aliphatic rings. The Kier molecular flexibility index (Phi) is 3.81. The summed E-state index contributed by atoms with van der Waals surface area (Å²) >= 11 is 1.27. The first-order valence-corrected chi connectivity index (χ1v) is 7.16. The van der Waals surface area contributed by atoms with Gasteiger partial charge in [0.05, 0.1) is 5.69 Å². The van der Waals surface area contributed by atoms with Crippen molar-refractivity contribution in [1.29, 1.82) is 5.26 Å². The number of nitriles is 1. The minimum Gasteiger partial charge on any atom is -0.382 e. The van der Waals surface area contributed by atoms with Crippen molar-refractivity contribution in [3.05, 3.63) is 23.0 Å². The van der Waals surface area contributed by atoms with Gasteiger partial charge in [0.15, 0.2) is 0 Å². The molecule has 0 amide bonds. The predicted octanol–water partition coefficient (Wildman–Crippen LogP) is 1.04. The third-order valence-corrected chi connectivity index (χ3v) is 3.57. The molecule has 0 saturated carbocycles. The van der Waals surface area contributed by atoms with Crippen molar-refractivity contribution in [3.8, 4) is 6.07 Å². The monoisotopic (exact) mass is 290 g/mol. The molecule has 0 spiro atoms. The van der Waals surface area contributed by atoms with Crippen molar-refractivity contribution in [2.24, 2.45) is 7.05 Å². The summed E-state index contributed by atoms with van der Waals surface area (Å²) in [4.78, 5) is 12.5. The van der Waals surface area contributed by atoms with E-state index in [2.05, 4.69) is 10.2 Å². The van der Waals surface area contributed by atoms with Crippen LogP contribution in [-0.4, -0.2) is 31.7 Å². The molecule has 0 unspecified atom stereocenters. The Morgan fingerprint density at radius 3 is 2.70 bits per heavy atom. The Morgan fingerprint density at radius 1 is 1.55 bits per heavy atom. The van der Waals surface area contributed by atoms with Crippen LogP contribution < -0.4 is 5.73 Å². The molecule has 0 atom stereocenters. The SMILES string of the molecule is CCc1cc(C(=O)n2nc(SC)c(C#N)c2N)n(C)n1. The Bertz CT molecular complexity index is 708. The lowest BCUT2D eigenvalue weighted by Crippen LogP contribution is -2.19. The molecular weight excluding hydrogens is 276 g/mol. The van der Waals surface area contributed by atoms with Crippen molar-refractivity contribution in [3.63, 3.8) is 0 Å². The van der Waals surface area contributed by atoms with Crippen LogP contribution in [0, 0.1) is 11.3 Å². The average molecular weight is 290 g/mol. The molecule has 0 saturated heterocycles. The summed E-state index contributed by atoms with van der Waals surface area (Å²) in [6.45, 7) is 1.96. The minimum absolute atomic E-state index is 0.0566. The van der Waals surface area contributed by atoms with Crippen LogP contribution in [0.15, 0.2) is 11.1 Å². The van der Waals surface area contributed by atoms with Crippen molar-refractivity contribution in [2.45, 2.75) is 18.4 Å². The number of nitrogens with two attached hydrogens (primary N) is 1. The van der Waals surface area contributed by atoms with Gasteiger partial charge in [-0.15, -0.1) is 11.8 Å². The molecule has 7 nitrogen and oxygen atoms in total. The lowest BCUT2D eigenvalue weighted by atomic mass is 10.3. The summed E-state index contributed by atoms with van der Waals surface area (Å²) in [6, 6.07) is 3.67. The van der Waals surface area contributed by atoms with Crippen molar-refractivity contribution < 1.29 is 4.79 Å². The molecule has 8 heteroatoms. The number of nitrogens with zero attached hydrogens (tertiary/aromatic N) is 5. The van der Waals surface area contributed by atoms with Gasteiger partial charge in [-0.25, -0.2) is 0 Å². The lowest BCUT2D eigenvalue weighted by molar-refractivity contribution is 0.0937. The maximum absolute atomic E-state index is 12.5. The second-order valence-electron chi connectivity index (χ2n) is 4.10. The fourth-order valence-corrected chi connectivity index (χ4v) is 2.34. The number of thioether (sulfide) groups is 1. The van der Waals surface area contributed by atoms with E-state index in [1.54, 1.807) is 19.4 Å². The molecule has 0 aliphatic heterocycles. The van der Waals surface area contributed by atoms with Gasteiger partial charge in [0, 0.05) is 7.05 Å². The number of carbonyl (C=O) groups is 1. The first-order chi connectivity index (χ1) is 9.53. The summed E-state index contributed by atoms with van der Waals surface area (Å²) in [5, 5.41) is 17.8.